The van der Waals surface area contributed by atoms with Crippen LogP contribution in [0.4, 0.5) is 0 Å². The van der Waals surface area contributed by atoms with Crippen LogP contribution in [0.25, 0.3) is 22.3 Å². The summed E-state index contributed by atoms with van der Waals surface area (Å²) in [5, 5.41) is 10.3. The van der Waals surface area contributed by atoms with Gasteiger partial charge in [-0.05, 0) is 42.5 Å². The van der Waals surface area contributed by atoms with Crippen molar-refractivity contribution in [2.75, 3.05) is 7.11 Å². The van der Waals surface area contributed by atoms with Gasteiger partial charge in [-0.15, -0.1) is 0 Å². The molecule has 0 aliphatic carbocycles. The normalized spacial score (nSPS) is 10.6. The number of aromatic hydroxyl groups is 1. The highest BCUT2D eigenvalue weighted by atomic mass is 16.5. The van der Waals surface area contributed by atoms with Gasteiger partial charge in [-0.2, -0.15) is 0 Å². The summed E-state index contributed by atoms with van der Waals surface area (Å²) in [5.74, 6) is 1.83. The van der Waals surface area contributed by atoms with Crippen LogP contribution in [0.2, 0.25) is 0 Å². The molecule has 3 heteroatoms. The Kier molecular flexibility index (Phi) is 2.80. The third kappa shape index (κ3) is 2.22. The number of benzene rings is 2. The van der Waals surface area contributed by atoms with Crippen molar-refractivity contribution in [3.8, 4) is 22.8 Å². The lowest BCUT2D eigenvalue weighted by atomic mass is 10.1. The summed E-state index contributed by atoms with van der Waals surface area (Å²) in [6.45, 7) is 0. The first-order valence-corrected chi connectivity index (χ1v) is 5.96. The Hall–Kier alpha value is -2.55. The number of ether oxygens (including phenoxy) is 1. The molecule has 0 unspecified atom stereocenters. The molecular weight excluding hydrogens is 240 g/mol. The smallest absolute Gasteiger partial charge is 0.361 e. The second-order valence-corrected chi connectivity index (χ2v) is 4.25. The highest BCUT2D eigenvalue weighted by Gasteiger charge is 2.14. The summed E-state index contributed by atoms with van der Waals surface area (Å²) in [6.07, 6.45) is 0. The third-order valence-corrected chi connectivity index (χ3v) is 3.00. The van der Waals surface area contributed by atoms with Crippen molar-refractivity contribution >= 4 is 11.0 Å². The molecule has 0 bridgehead atoms. The van der Waals surface area contributed by atoms with Crippen molar-refractivity contribution in [1.82, 2.24) is 0 Å². The van der Waals surface area contributed by atoms with Crippen LogP contribution in [-0.2, 0) is 0 Å². The molecular formula is C16H13O3+. The Morgan fingerprint density at radius 2 is 1.74 bits per heavy atom. The minimum atomic E-state index is 0.236. The highest BCUT2D eigenvalue weighted by Crippen LogP contribution is 2.27. The Labute approximate surface area is 110 Å². The molecule has 1 heterocycles. The zero-order valence-corrected chi connectivity index (χ0v) is 10.5. The van der Waals surface area contributed by atoms with Gasteiger partial charge in [0.2, 0.25) is 0 Å². The average molecular weight is 253 g/mol. The Balaban J connectivity index is 2.06. The fourth-order valence-electron chi connectivity index (χ4n) is 1.99. The van der Waals surface area contributed by atoms with E-state index in [0.29, 0.717) is 0 Å². The minimum Gasteiger partial charge on any atom is -0.508 e. The van der Waals surface area contributed by atoms with E-state index < -0.39 is 0 Å². The van der Waals surface area contributed by atoms with Gasteiger partial charge in [0.05, 0.1) is 18.1 Å². The molecule has 94 valence electrons. The predicted molar refractivity (Wildman–Crippen MR) is 74.3 cm³/mol. The third-order valence-electron chi connectivity index (χ3n) is 3.00. The summed E-state index contributed by atoms with van der Waals surface area (Å²) >= 11 is 0. The van der Waals surface area contributed by atoms with Crippen LogP contribution in [0, 0.1) is 0 Å². The first-order chi connectivity index (χ1) is 9.26. The van der Waals surface area contributed by atoms with Crippen LogP contribution in [0.3, 0.4) is 0 Å². The largest absolute Gasteiger partial charge is 0.508 e. The molecule has 3 aromatic rings. The first-order valence-electron chi connectivity index (χ1n) is 5.96. The quantitative estimate of drug-likeness (QED) is 0.699. The highest BCUT2D eigenvalue weighted by molar-refractivity contribution is 5.80. The lowest BCUT2D eigenvalue weighted by molar-refractivity contribution is 0.415. The van der Waals surface area contributed by atoms with E-state index in [1.165, 1.54) is 0 Å². The molecule has 0 saturated carbocycles. The summed E-state index contributed by atoms with van der Waals surface area (Å²) < 4.78 is 11.0. The van der Waals surface area contributed by atoms with E-state index in [1.807, 2.05) is 36.4 Å². The summed E-state index contributed by atoms with van der Waals surface area (Å²) in [5.41, 5.74) is 1.72. The molecule has 0 radical (unpaired) electrons. The monoisotopic (exact) mass is 253 g/mol. The predicted octanol–water partition coefficient (Wildman–Crippen LogP) is 4.10. The maximum atomic E-state index is 9.42. The topological polar surface area (TPSA) is 40.8 Å². The van der Waals surface area contributed by atoms with Crippen molar-refractivity contribution in [3.63, 3.8) is 0 Å². The molecule has 0 saturated heterocycles. The maximum absolute atomic E-state index is 9.42. The van der Waals surface area contributed by atoms with Crippen molar-refractivity contribution in [1.29, 1.82) is 0 Å². The van der Waals surface area contributed by atoms with E-state index in [1.54, 1.807) is 25.3 Å². The second kappa shape index (κ2) is 4.61. The molecule has 0 aliphatic rings. The molecule has 1 aromatic heterocycles. The summed E-state index contributed by atoms with van der Waals surface area (Å²) in [7, 11) is 1.64. The molecule has 0 fully saturated rings. The molecule has 1 N–H and O–H groups in total. The van der Waals surface area contributed by atoms with E-state index in [9.17, 15) is 5.11 Å². The van der Waals surface area contributed by atoms with E-state index in [2.05, 4.69) is 0 Å². The second-order valence-electron chi connectivity index (χ2n) is 4.25. The SMILES string of the molecule is COc1ccc(-c2ccc3cc(O)ccc3[o+]2)cc1. The van der Waals surface area contributed by atoms with Gasteiger partial charge in [0.15, 0.2) is 0 Å². The van der Waals surface area contributed by atoms with Crippen LogP contribution in [0.15, 0.2) is 59.0 Å². The van der Waals surface area contributed by atoms with Gasteiger partial charge in [-0.3, -0.25) is 0 Å². The van der Waals surface area contributed by atoms with Gasteiger partial charge >= 0.3 is 11.3 Å². The van der Waals surface area contributed by atoms with E-state index >= 15 is 0 Å². The molecule has 0 spiro atoms. The number of rotatable bonds is 2. The average Bonchev–Trinajstić information content (AvgIpc) is 2.47. The number of hydrogen-bond acceptors (Lipinski definition) is 2. The van der Waals surface area contributed by atoms with E-state index in [4.69, 9.17) is 9.15 Å². The van der Waals surface area contributed by atoms with Crippen molar-refractivity contribution in [2.24, 2.45) is 0 Å². The summed E-state index contributed by atoms with van der Waals surface area (Å²) in [6, 6.07) is 16.6. The standard InChI is InChI=1S/C16H12O3/c1-18-14-6-2-11(3-7-14)15-8-4-12-10-13(17)5-9-16(12)19-15/h2-10H,1H3/p+1. The lowest BCUT2D eigenvalue weighted by Gasteiger charge is -1.98. The Morgan fingerprint density at radius 3 is 2.47 bits per heavy atom. The Bertz CT molecular complexity index is 718. The van der Waals surface area contributed by atoms with Crippen LogP contribution < -0.4 is 4.74 Å². The van der Waals surface area contributed by atoms with Crippen molar-refractivity contribution in [3.05, 3.63) is 54.6 Å². The molecule has 0 amide bonds. The van der Waals surface area contributed by atoms with E-state index in [-0.39, 0.29) is 5.75 Å². The number of phenolic OH excluding ortho intramolecular Hbond substituents is 1. The molecule has 19 heavy (non-hydrogen) atoms. The summed E-state index contributed by atoms with van der Waals surface area (Å²) in [4.78, 5) is 0. The zero-order valence-electron chi connectivity index (χ0n) is 10.5. The molecule has 3 rings (SSSR count). The van der Waals surface area contributed by atoms with Crippen LogP contribution >= 0.6 is 0 Å². The van der Waals surface area contributed by atoms with Crippen LogP contribution in [-0.4, -0.2) is 12.2 Å². The van der Waals surface area contributed by atoms with Gasteiger partial charge in [0, 0.05) is 12.1 Å². The maximum Gasteiger partial charge on any atom is 0.361 e. The Morgan fingerprint density at radius 1 is 0.947 bits per heavy atom. The van der Waals surface area contributed by atoms with Gasteiger partial charge in [-0.25, -0.2) is 4.42 Å². The lowest BCUT2D eigenvalue weighted by Crippen LogP contribution is -1.83. The minimum absolute atomic E-state index is 0.236. The molecule has 0 atom stereocenters. The van der Waals surface area contributed by atoms with Crippen molar-refractivity contribution in [2.45, 2.75) is 0 Å². The number of methoxy groups -OCH3 is 1. The van der Waals surface area contributed by atoms with Gasteiger partial charge in [0.1, 0.15) is 11.5 Å². The molecule has 2 aromatic carbocycles. The first kappa shape index (κ1) is 11.5. The fraction of sp³-hybridized carbons (Fsp3) is 0.0625. The van der Waals surface area contributed by atoms with E-state index in [0.717, 1.165) is 28.0 Å². The zero-order chi connectivity index (χ0) is 13.2. The van der Waals surface area contributed by atoms with Crippen LogP contribution in [0.1, 0.15) is 0 Å². The number of fused-ring (bicyclic) bond motifs is 1. The molecule has 3 nitrogen and oxygen atoms in total. The van der Waals surface area contributed by atoms with Gasteiger partial charge in [0.25, 0.3) is 0 Å². The van der Waals surface area contributed by atoms with Gasteiger partial charge in [-0.1, -0.05) is 0 Å². The van der Waals surface area contributed by atoms with Crippen LogP contribution in [0.5, 0.6) is 11.5 Å². The fourth-order valence-corrected chi connectivity index (χ4v) is 1.99. The molecule has 0 aliphatic heterocycles. The number of phenols is 1. The van der Waals surface area contributed by atoms with Gasteiger partial charge < -0.3 is 9.84 Å². The number of hydrogen-bond donors (Lipinski definition) is 1. The van der Waals surface area contributed by atoms with Crippen molar-refractivity contribution < 1.29 is 14.3 Å².